The van der Waals surface area contributed by atoms with Gasteiger partial charge in [0.15, 0.2) is 0 Å². The summed E-state index contributed by atoms with van der Waals surface area (Å²) in [7, 11) is 1.98. The molecule has 0 fully saturated rings. The number of rotatable bonds is 7. The molecular formula is C11H25NO. The maximum Gasteiger partial charge on any atom is 0.0529 e. The standard InChI is InChI=1S/C11H25NO/c1-10(2)6-7-13-9-11(3,4)8-12-5/h10,12H,6-9H2,1-5H3. The van der Waals surface area contributed by atoms with Crippen molar-refractivity contribution in [1.82, 2.24) is 5.32 Å². The molecule has 0 aromatic rings. The van der Waals surface area contributed by atoms with Crippen LogP contribution in [0.1, 0.15) is 34.1 Å². The quantitative estimate of drug-likeness (QED) is 0.617. The Morgan fingerprint density at radius 2 is 1.92 bits per heavy atom. The largest absolute Gasteiger partial charge is 0.381 e. The van der Waals surface area contributed by atoms with Crippen LogP contribution in [-0.4, -0.2) is 26.8 Å². The maximum atomic E-state index is 5.62. The minimum absolute atomic E-state index is 0.256. The summed E-state index contributed by atoms with van der Waals surface area (Å²) in [5, 5.41) is 3.18. The highest BCUT2D eigenvalue weighted by atomic mass is 16.5. The molecule has 0 aromatic heterocycles. The average Bonchev–Trinajstić information content (AvgIpc) is 1.98. The molecule has 0 unspecified atom stereocenters. The van der Waals surface area contributed by atoms with Gasteiger partial charge in [0.2, 0.25) is 0 Å². The highest BCUT2D eigenvalue weighted by molar-refractivity contribution is 4.69. The van der Waals surface area contributed by atoms with Crippen molar-refractivity contribution in [2.24, 2.45) is 11.3 Å². The maximum absolute atomic E-state index is 5.62. The first-order valence-electron chi connectivity index (χ1n) is 5.20. The predicted molar refractivity (Wildman–Crippen MR) is 58.0 cm³/mol. The second-order valence-electron chi connectivity index (χ2n) is 4.93. The number of ether oxygens (including phenoxy) is 1. The van der Waals surface area contributed by atoms with Crippen LogP contribution in [0.2, 0.25) is 0 Å². The molecule has 0 saturated carbocycles. The molecule has 2 nitrogen and oxygen atoms in total. The molecule has 0 radical (unpaired) electrons. The van der Waals surface area contributed by atoms with E-state index in [1.807, 2.05) is 7.05 Å². The van der Waals surface area contributed by atoms with Gasteiger partial charge in [0.25, 0.3) is 0 Å². The molecule has 0 amide bonds. The van der Waals surface area contributed by atoms with Crippen molar-refractivity contribution in [3.8, 4) is 0 Å². The summed E-state index contributed by atoms with van der Waals surface area (Å²) in [6, 6.07) is 0. The zero-order chi connectivity index (χ0) is 10.3. The highest BCUT2D eigenvalue weighted by Gasteiger charge is 2.16. The molecule has 0 rings (SSSR count). The van der Waals surface area contributed by atoms with Gasteiger partial charge in [0, 0.05) is 18.6 Å². The second kappa shape index (κ2) is 6.39. The Bertz CT molecular complexity index is 121. The van der Waals surface area contributed by atoms with E-state index in [4.69, 9.17) is 4.74 Å². The summed E-state index contributed by atoms with van der Waals surface area (Å²) >= 11 is 0. The van der Waals surface area contributed by atoms with Gasteiger partial charge in [-0.1, -0.05) is 27.7 Å². The minimum atomic E-state index is 0.256. The Hall–Kier alpha value is -0.0800. The van der Waals surface area contributed by atoms with Gasteiger partial charge in [0.05, 0.1) is 6.61 Å². The van der Waals surface area contributed by atoms with E-state index in [1.165, 1.54) is 0 Å². The molecule has 2 heteroatoms. The monoisotopic (exact) mass is 187 g/mol. The summed E-state index contributed by atoms with van der Waals surface area (Å²) in [6.07, 6.45) is 1.16. The van der Waals surface area contributed by atoms with Gasteiger partial charge in [-0.2, -0.15) is 0 Å². The van der Waals surface area contributed by atoms with Crippen LogP contribution in [0.25, 0.3) is 0 Å². The van der Waals surface area contributed by atoms with E-state index in [1.54, 1.807) is 0 Å². The summed E-state index contributed by atoms with van der Waals surface area (Å²) < 4.78 is 5.62. The fourth-order valence-electron chi connectivity index (χ4n) is 1.20. The van der Waals surface area contributed by atoms with Crippen molar-refractivity contribution < 1.29 is 4.74 Å². The van der Waals surface area contributed by atoms with Crippen molar-refractivity contribution in [2.75, 3.05) is 26.8 Å². The molecule has 0 bridgehead atoms. The van der Waals surface area contributed by atoms with Crippen LogP contribution in [0.3, 0.4) is 0 Å². The van der Waals surface area contributed by atoms with Crippen molar-refractivity contribution in [1.29, 1.82) is 0 Å². The fourth-order valence-corrected chi connectivity index (χ4v) is 1.20. The van der Waals surface area contributed by atoms with E-state index in [9.17, 15) is 0 Å². The first-order chi connectivity index (χ1) is 5.98. The van der Waals surface area contributed by atoms with Gasteiger partial charge in [0.1, 0.15) is 0 Å². The molecular weight excluding hydrogens is 162 g/mol. The normalized spacial score (nSPS) is 12.5. The average molecular weight is 187 g/mol. The van der Waals surface area contributed by atoms with E-state index in [-0.39, 0.29) is 5.41 Å². The van der Waals surface area contributed by atoms with Crippen LogP contribution in [0, 0.1) is 11.3 Å². The van der Waals surface area contributed by atoms with E-state index >= 15 is 0 Å². The van der Waals surface area contributed by atoms with Gasteiger partial charge < -0.3 is 10.1 Å². The lowest BCUT2D eigenvalue weighted by molar-refractivity contribution is 0.0569. The molecule has 0 saturated heterocycles. The summed E-state index contributed by atoms with van der Waals surface area (Å²) in [5.74, 6) is 0.743. The Labute approximate surface area is 83.1 Å². The van der Waals surface area contributed by atoms with Gasteiger partial charge in [-0.3, -0.25) is 0 Å². The Morgan fingerprint density at radius 1 is 1.31 bits per heavy atom. The lowest BCUT2D eigenvalue weighted by Crippen LogP contribution is -2.31. The Balaban J connectivity index is 3.40. The lowest BCUT2D eigenvalue weighted by atomic mass is 9.95. The topological polar surface area (TPSA) is 21.3 Å². The van der Waals surface area contributed by atoms with Crippen LogP contribution in [-0.2, 0) is 4.74 Å². The highest BCUT2D eigenvalue weighted by Crippen LogP contribution is 2.14. The van der Waals surface area contributed by atoms with Gasteiger partial charge in [-0.15, -0.1) is 0 Å². The lowest BCUT2D eigenvalue weighted by Gasteiger charge is -2.24. The number of hydrogen-bond donors (Lipinski definition) is 1. The first kappa shape index (κ1) is 12.9. The van der Waals surface area contributed by atoms with Crippen LogP contribution in [0.15, 0.2) is 0 Å². The number of hydrogen-bond acceptors (Lipinski definition) is 2. The van der Waals surface area contributed by atoms with Crippen LogP contribution in [0.4, 0.5) is 0 Å². The van der Waals surface area contributed by atoms with Crippen molar-refractivity contribution >= 4 is 0 Å². The SMILES string of the molecule is CNCC(C)(C)COCCC(C)C. The number of nitrogens with one attached hydrogen (secondary N) is 1. The van der Waals surface area contributed by atoms with E-state index in [0.29, 0.717) is 0 Å². The second-order valence-corrected chi connectivity index (χ2v) is 4.93. The smallest absolute Gasteiger partial charge is 0.0529 e. The summed E-state index contributed by atoms with van der Waals surface area (Å²) in [6.45, 7) is 11.6. The molecule has 0 aliphatic rings. The summed E-state index contributed by atoms with van der Waals surface area (Å²) in [4.78, 5) is 0. The first-order valence-corrected chi connectivity index (χ1v) is 5.20. The molecule has 0 heterocycles. The van der Waals surface area contributed by atoms with Gasteiger partial charge >= 0.3 is 0 Å². The van der Waals surface area contributed by atoms with Crippen LogP contribution >= 0.6 is 0 Å². The van der Waals surface area contributed by atoms with Gasteiger partial charge in [-0.05, 0) is 19.4 Å². The summed E-state index contributed by atoms with van der Waals surface area (Å²) in [5.41, 5.74) is 0.256. The van der Waals surface area contributed by atoms with E-state index in [2.05, 4.69) is 33.0 Å². The third-order valence-corrected chi connectivity index (χ3v) is 1.99. The van der Waals surface area contributed by atoms with Crippen molar-refractivity contribution in [2.45, 2.75) is 34.1 Å². The third kappa shape index (κ3) is 8.26. The Morgan fingerprint density at radius 3 is 2.38 bits per heavy atom. The van der Waals surface area contributed by atoms with Crippen LogP contribution < -0.4 is 5.32 Å². The van der Waals surface area contributed by atoms with Crippen LogP contribution in [0.5, 0.6) is 0 Å². The van der Waals surface area contributed by atoms with Crippen molar-refractivity contribution in [3.63, 3.8) is 0 Å². The molecule has 0 atom stereocenters. The van der Waals surface area contributed by atoms with Gasteiger partial charge in [-0.25, -0.2) is 0 Å². The zero-order valence-electron chi connectivity index (χ0n) is 9.81. The van der Waals surface area contributed by atoms with E-state index < -0.39 is 0 Å². The molecule has 0 aromatic carbocycles. The van der Waals surface area contributed by atoms with Crippen molar-refractivity contribution in [3.05, 3.63) is 0 Å². The molecule has 80 valence electrons. The van der Waals surface area contributed by atoms with E-state index in [0.717, 1.165) is 32.1 Å². The zero-order valence-corrected chi connectivity index (χ0v) is 9.81. The molecule has 0 aliphatic heterocycles. The third-order valence-electron chi connectivity index (χ3n) is 1.99. The molecule has 0 spiro atoms. The molecule has 13 heavy (non-hydrogen) atoms. The molecule has 1 N–H and O–H groups in total. The Kier molecular flexibility index (Phi) is 6.35. The molecule has 0 aliphatic carbocycles. The fraction of sp³-hybridized carbons (Fsp3) is 1.00. The predicted octanol–water partition coefficient (Wildman–Crippen LogP) is 2.29. The minimum Gasteiger partial charge on any atom is -0.381 e.